The van der Waals surface area contributed by atoms with Crippen molar-refractivity contribution >= 4 is 38.9 Å². The van der Waals surface area contributed by atoms with Crippen LogP contribution in [0.5, 0.6) is 0 Å². The summed E-state index contributed by atoms with van der Waals surface area (Å²) in [6.07, 6.45) is -2.26. The van der Waals surface area contributed by atoms with Gasteiger partial charge >= 0.3 is 6.18 Å². The predicted molar refractivity (Wildman–Crippen MR) is 110 cm³/mol. The molecule has 1 N–H and O–H groups in total. The smallest absolute Gasteiger partial charge is 0.323 e. The van der Waals surface area contributed by atoms with Crippen LogP contribution in [0.3, 0.4) is 0 Å². The minimum Gasteiger partial charge on any atom is -0.323 e. The van der Waals surface area contributed by atoms with Crippen LogP contribution in [0.1, 0.15) is 5.56 Å². The minimum atomic E-state index is -4.67. The van der Waals surface area contributed by atoms with Gasteiger partial charge in [-0.2, -0.15) is 13.2 Å². The molecule has 0 fully saturated rings. The number of carbonyl (C=O) groups is 1. The topological polar surface area (TPSA) is 79.4 Å². The number of alkyl halides is 3. The van der Waals surface area contributed by atoms with Crippen molar-refractivity contribution in [3.63, 3.8) is 0 Å². The van der Waals surface area contributed by atoms with Crippen LogP contribution >= 0.6 is 11.6 Å². The van der Waals surface area contributed by atoms with Crippen molar-refractivity contribution in [1.82, 2.24) is 4.98 Å². The van der Waals surface area contributed by atoms with E-state index in [1.54, 1.807) is 0 Å². The molecule has 1 aromatic heterocycles. The minimum absolute atomic E-state index is 0.0412. The van der Waals surface area contributed by atoms with Crippen LogP contribution in [0.4, 0.5) is 28.9 Å². The summed E-state index contributed by atoms with van der Waals surface area (Å²) in [4.78, 5) is 16.1. The van der Waals surface area contributed by atoms with E-state index in [0.29, 0.717) is 10.4 Å². The number of halogens is 5. The van der Waals surface area contributed by atoms with Gasteiger partial charge in [-0.25, -0.2) is 12.8 Å². The molecule has 168 valence electrons. The van der Waals surface area contributed by atoms with Gasteiger partial charge in [0.15, 0.2) is 0 Å². The van der Waals surface area contributed by atoms with Gasteiger partial charge in [0.1, 0.15) is 17.3 Å². The molecule has 32 heavy (non-hydrogen) atoms. The summed E-state index contributed by atoms with van der Waals surface area (Å²) >= 11 is 5.88. The third-order valence-corrected chi connectivity index (χ3v) is 6.28. The fourth-order valence-corrected chi connectivity index (χ4v) is 4.22. The summed E-state index contributed by atoms with van der Waals surface area (Å²) < 4.78 is 79.1. The van der Waals surface area contributed by atoms with Crippen LogP contribution in [0, 0.1) is 5.82 Å². The fourth-order valence-electron chi connectivity index (χ4n) is 2.67. The first-order valence-corrected chi connectivity index (χ1v) is 10.7. The van der Waals surface area contributed by atoms with Crippen molar-refractivity contribution in [2.75, 3.05) is 16.2 Å². The largest absolute Gasteiger partial charge is 0.416 e. The highest BCUT2D eigenvalue weighted by molar-refractivity contribution is 7.92. The molecule has 0 saturated heterocycles. The number of amides is 1. The number of hydrogen-bond donors (Lipinski definition) is 1. The molecule has 0 spiro atoms. The van der Waals surface area contributed by atoms with Crippen molar-refractivity contribution in [1.29, 1.82) is 0 Å². The lowest BCUT2D eigenvalue weighted by atomic mass is 10.2. The molecule has 6 nitrogen and oxygen atoms in total. The van der Waals surface area contributed by atoms with Gasteiger partial charge in [-0.05, 0) is 54.6 Å². The fraction of sp³-hybridized carbons (Fsp3) is 0.100. The number of aromatic nitrogens is 1. The van der Waals surface area contributed by atoms with Crippen molar-refractivity contribution in [2.45, 2.75) is 11.1 Å². The molecule has 0 aliphatic rings. The van der Waals surface area contributed by atoms with Crippen molar-refractivity contribution in [2.24, 2.45) is 0 Å². The number of benzene rings is 2. The lowest BCUT2D eigenvalue weighted by molar-refractivity contribution is -0.137. The molecular weight excluding hydrogens is 474 g/mol. The second kappa shape index (κ2) is 9.13. The van der Waals surface area contributed by atoms with E-state index in [1.807, 2.05) is 0 Å². The molecule has 2 aromatic carbocycles. The Bertz CT molecular complexity index is 1220. The summed E-state index contributed by atoms with van der Waals surface area (Å²) in [5.41, 5.74) is -1.43. The molecule has 0 saturated carbocycles. The molecule has 3 rings (SSSR count). The number of anilines is 2. The number of hydrogen-bond acceptors (Lipinski definition) is 4. The van der Waals surface area contributed by atoms with Gasteiger partial charge in [0.25, 0.3) is 10.0 Å². The Balaban J connectivity index is 1.94. The van der Waals surface area contributed by atoms with Crippen molar-refractivity contribution in [3.05, 3.63) is 83.4 Å². The summed E-state index contributed by atoms with van der Waals surface area (Å²) in [5.74, 6) is -1.60. The zero-order chi connectivity index (χ0) is 23.5. The van der Waals surface area contributed by atoms with Gasteiger partial charge in [-0.1, -0.05) is 11.6 Å². The lowest BCUT2D eigenvalue weighted by Gasteiger charge is -2.24. The molecule has 0 bridgehead atoms. The van der Waals surface area contributed by atoms with E-state index < -0.39 is 40.0 Å². The lowest BCUT2D eigenvalue weighted by Crippen LogP contribution is -2.38. The molecule has 0 atom stereocenters. The second-order valence-electron chi connectivity index (χ2n) is 6.42. The van der Waals surface area contributed by atoms with Crippen LogP contribution in [-0.2, 0) is 21.0 Å². The highest BCUT2D eigenvalue weighted by Gasteiger charge is 2.32. The standard InChI is InChI=1S/C20H14ClF4N3O3S/c21-17-8-3-13(20(23,24)25)10-18(17)27-19(29)12-28(15-6-4-14(22)5-7-15)32(30,31)16-2-1-9-26-11-16/h1-11H,12H2,(H,27,29). The molecule has 0 radical (unpaired) electrons. The molecule has 3 aromatic rings. The molecule has 1 amide bonds. The van der Waals surface area contributed by atoms with E-state index in [2.05, 4.69) is 10.3 Å². The highest BCUT2D eigenvalue weighted by Crippen LogP contribution is 2.34. The van der Waals surface area contributed by atoms with Gasteiger partial charge in [0.2, 0.25) is 5.91 Å². The normalized spacial score (nSPS) is 11.8. The first kappa shape index (κ1) is 23.5. The highest BCUT2D eigenvalue weighted by atomic mass is 35.5. The number of nitrogens with zero attached hydrogens (tertiary/aromatic N) is 2. The van der Waals surface area contributed by atoms with Gasteiger partial charge in [-0.15, -0.1) is 0 Å². The Kier molecular flexibility index (Phi) is 6.70. The summed E-state index contributed by atoms with van der Waals surface area (Å²) in [7, 11) is -4.32. The van der Waals surface area contributed by atoms with Gasteiger partial charge in [-0.3, -0.25) is 14.1 Å². The average Bonchev–Trinajstić information content (AvgIpc) is 2.74. The third kappa shape index (κ3) is 5.35. The average molecular weight is 488 g/mol. The monoisotopic (exact) mass is 487 g/mol. The Hall–Kier alpha value is -3.18. The Morgan fingerprint density at radius 1 is 1.09 bits per heavy atom. The summed E-state index contributed by atoms with van der Waals surface area (Å²) in [6, 6.07) is 9.27. The van der Waals surface area contributed by atoms with Gasteiger partial charge in [0, 0.05) is 12.4 Å². The van der Waals surface area contributed by atoms with E-state index in [4.69, 9.17) is 11.6 Å². The molecule has 0 unspecified atom stereocenters. The van der Waals surface area contributed by atoms with Crippen molar-refractivity contribution < 1.29 is 30.8 Å². The SMILES string of the molecule is O=C(CN(c1ccc(F)cc1)S(=O)(=O)c1cccnc1)Nc1cc(C(F)(F)F)ccc1Cl. The van der Waals surface area contributed by atoms with Crippen molar-refractivity contribution in [3.8, 4) is 0 Å². The van der Waals surface area contributed by atoms with Crippen LogP contribution in [0.2, 0.25) is 5.02 Å². The van der Waals surface area contributed by atoms with Crippen LogP contribution in [-0.4, -0.2) is 25.9 Å². The zero-order valence-electron chi connectivity index (χ0n) is 16.0. The molecule has 0 aliphatic carbocycles. The maximum Gasteiger partial charge on any atom is 0.416 e. The summed E-state index contributed by atoms with van der Waals surface area (Å²) in [6.45, 7) is -0.824. The predicted octanol–water partition coefficient (Wildman–Crippen LogP) is 4.73. The number of sulfonamides is 1. The number of rotatable bonds is 6. The summed E-state index contributed by atoms with van der Waals surface area (Å²) in [5, 5.41) is 2.02. The Labute approximate surface area is 185 Å². The molecular formula is C20H14ClF4N3O3S. The Morgan fingerprint density at radius 2 is 1.78 bits per heavy atom. The first-order chi connectivity index (χ1) is 15.0. The number of carbonyl (C=O) groups excluding carboxylic acids is 1. The van der Waals surface area contributed by atoms with Crippen LogP contribution < -0.4 is 9.62 Å². The third-order valence-electron chi connectivity index (χ3n) is 4.19. The maximum absolute atomic E-state index is 13.3. The van der Waals surface area contributed by atoms with E-state index >= 15 is 0 Å². The van der Waals surface area contributed by atoms with Gasteiger partial charge < -0.3 is 5.32 Å². The van der Waals surface area contributed by atoms with Crippen LogP contribution in [0.15, 0.2) is 71.9 Å². The molecule has 1 heterocycles. The van der Waals surface area contributed by atoms with Gasteiger partial charge in [0.05, 0.1) is 22.0 Å². The second-order valence-corrected chi connectivity index (χ2v) is 8.69. The first-order valence-electron chi connectivity index (χ1n) is 8.83. The van der Waals surface area contributed by atoms with E-state index in [0.717, 1.165) is 42.6 Å². The number of pyridine rings is 1. The Morgan fingerprint density at radius 3 is 2.38 bits per heavy atom. The van der Waals surface area contributed by atoms with E-state index in [-0.39, 0.29) is 21.3 Å². The van der Waals surface area contributed by atoms with Crippen LogP contribution in [0.25, 0.3) is 0 Å². The van der Waals surface area contributed by atoms with E-state index in [1.165, 1.54) is 18.3 Å². The quantitative estimate of drug-likeness (QED) is 0.510. The van der Waals surface area contributed by atoms with E-state index in [9.17, 15) is 30.8 Å². The zero-order valence-corrected chi connectivity index (χ0v) is 17.5. The maximum atomic E-state index is 13.3. The molecule has 12 heteroatoms. The number of nitrogens with one attached hydrogen (secondary N) is 1. The molecule has 0 aliphatic heterocycles.